The van der Waals surface area contributed by atoms with E-state index in [0.717, 1.165) is 11.2 Å². The van der Waals surface area contributed by atoms with Crippen molar-refractivity contribution in [2.24, 2.45) is 0 Å². The molecule has 0 spiro atoms. The van der Waals surface area contributed by atoms with E-state index in [4.69, 9.17) is 5.73 Å². The first-order valence-electron chi connectivity index (χ1n) is 6.47. The van der Waals surface area contributed by atoms with Crippen LogP contribution in [0.4, 0.5) is 5.95 Å². The summed E-state index contributed by atoms with van der Waals surface area (Å²) in [6.45, 7) is 3.74. The molecular formula is C13H15N7O. The van der Waals surface area contributed by atoms with Crippen LogP contribution in [0.1, 0.15) is 34.8 Å². The number of hydrogen-bond acceptors (Lipinski definition) is 5. The highest BCUT2D eigenvalue weighted by atomic mass is 16.2. The molecule has 0 aliphatic heterocycles. The van der Waals surface area contributed by atoms with E-state index in [-0.39, 0.29) is 17.9 Å². The second-order valence-corrected chi connectivity index (χ2v) is 4.82. The largest absolute Gasteiger partial charge is 0.367 e. The number of rotatable bonds is 3. The van der Waals surface area contributed by atoms with Gasteiger partial charge in [-0.15, -0.1) is 5.10 Å². The van der Waals surface area contributed by atoms with Gasteiger partial charge in [0.25, 0.3) is 5.91 Å². The molecule has 1 atom stereocenters. The molecule has 21 heavy (non-hydrogen) atoms. The first-order valence-corrected chi connectivity index (χ1v) is 6.47. The fourth-order valence-electron chi connectivity index (χ4n) is 2.08. The minimum absolute atomic E-state index is 0.148. The molecular weight excluding hydrogens is 270 g/mol. The number of hydrogen-bond donors (Lipinski definition) is 3. The van der Waals surface area contributed by atoms with Gasteiger partial charge in [0.05, 0.1) is 6.04 Å². The topological polar surface area (TPSA) is 114 Å². The fraction of sp³-hybridized carbons (Fsp3) is 0.231. The Morgan fingerprint density at radius 2 is 2.29 bits per heavy atom. The van der Waals surface area contributed by atoms with E-state index in [1.54, 1.807) is 13.1 Å². The van der Waals surface area contributed by atoms with Crippen molar-refractivity contribution < 1.29 is 4.79 Å². The third-order valence-corrected chi connectivity index (χ3v) is 3.19. The number of H-pyrrole nitrogens is 1. The molecule has 8 heteroatoms. The van der Waals surface area contributed by atoms with Gasteiger partial charge in [-0.2, -0.15) is 4.98 Å². The highest BCUT2D eigenvalue weighted by Gasteiger charge is 2.17. The molecule has 0 aromatic carbocycles. The Bertz CT molecular complexity index is 804. The number of nitrogen functional groups attached to an aromatic ring is 1. The monoisotopic (exact) mass is 285 g/mol. The Kier molecular flexibility index (Phi) is 3.05. The number of imidazole rings is 1. The van der Waals surface area contributed by atoms with E-state index in [0.29, 0.717) is 11.5 Å². The summed E-state index contributed by atoms with van der Waals surface area (Å²) in [6.07, 6.45) is 3.55. The predicted molar refractivity (Wildman–Crippen MR) is 76.6 cm³/mol. The number of amides is 1. The van der Waals surface area contributed by atoms with Gasteiger partial charge < -0.3 is 15.5 Å². The molecule has 0 saturated carbocycles. The van der Waals surface area contributed by atoms with Crippen molar-refractivity contribution in [3.63, 3.8) is 0 Å². The third-order valence-electron chi connectivity index (χ3n) is 3.19. The summed E-state index contributed by atoms with van der Waals surface area (Å²) in [7, 11) is 0. The quantitative estimate of drug-likeness (QED) is 0.659. The summed E-state index contributed by atoms with van der Waals surface area (Å²) in [5, 5.41) is 9.21. The first-order chi connectivity index (χ1) is 10.0. The summed E-state index contributed by atoms with van der Waals surface area (Å²) in [4.78, 5) is 20.6. The highest BCUT2D eigenvalue weighted by molar-refractivity contribution is 5.93. The van der Waals surface area contributed by atoms with Crippen LogP contribution in [-0.2, 0) is 0 Å². The number of anilines is 1. The third kappa shape index (κ3) is 2.42. The standard InChI is InChI=1S/C13H15N7O/c1-7-4-3-5-20-6-9(16-11(7)20)12(21)15-8(2)10-17-13(14)19-18-10/h3-6,8H,1-2H3,(H,15,21)(H3,14,17,18,19). The second-order valence-electron chi connectivity index (χ2n) is 4.82. The maximum atomic E-state index is 12.2. The van der Waals surface area contributed by atoms with Crippen molar-refractivity contribution in [1.82, 2.24) is 29.9 Å². The molecule has 8 nitrogen and oxygen atoms in total. The molecule has 108 valence electrons. The van der Waals surface area contributed by atoms with Crippen molar-refractivity contribution in [3.05, 3.63) is 41.6 Å². The Morgan fingerprint density at radius 1 is 1.48 bits per heavy atom. The maximum absolute atomic E-state index is 12.2. The lowest BCUT2D eigenvalue weighted by Crippen LogP contribution is -2.27. The Hall–Kier alpha value is -2.90. The van der Waals surface area contributed by atoms with Gasteiger partial charge in [0.15, 0.2) is 0 Å². The van der Waals surface area contributed by atoms with Gasteiger partial charge in [-0.25, -0.2) is 4.98 Å². The molecule has 0 saturated heterocycles. The number of carbonyl (C=O) groups excluding carboxylic acids is 1. The summed E-state index contributed by atoms with van der Waals surface area (Å²) in [5.74, 6) is 0.371. The Labute approximate surface area is 120 Å². The minimum Gasteiger partial charge on any atom is -0.367 e. The highest BCUT2D eigenvalue weighted by Crippen LogP contribution is 2.12. The molecule has 0 bridgehead atoms. The number of nitrogens with one attached hydrogen (secondary N) is 2. The summed E-state index contributed by atoms with van der Waals surface area (Å²) >= 11 is 0. The molecule has 0 radical (unpaired) electrons. The second kappa shape index (κ2) is 4.89. The zero-order valence-electron chi connectivity index (χ0n) is 11.7. The molecule has 3 aromatic rings. The molecule has 0 fully saturated rings. The lowest BCUT2D eigenvalue weighted by atomic mass is 10.3. The van der Waals surface area contributed by atoms with Crippen molar-refractivity contribution in [3.8, 4) is 0 Å². The van der Waals surface area contributed by atoms with E-state index in [2.05, 4.69) is 25.5 Å². The molecule has 0 aliphatic rings. The van der Waals surface area contributed by atoms with Gasteiger partial charge in [-0.05, 0) is 25.5 Å². The number of nitrogens with two attached hydrogens (primary N) is 1. The van der Waals surface area contributed by atoms with E-state index < -0.39 is 0 Å². The van der Waals surface area contributed by atoms with Crippen LogP contribution < -0.4 is 11.1 Å². The van der Waals surface area contributed by atoms with Crippen molar-refractivity contribution >= 4 is 17.5 Å². The van der Waals surface area contributed by atoms with Gasteiger partial charge in [0, 0.05) is 12.4 Å². The van der Waals surface area contributed by atoms with Crippen LogP contribution in [-0.4, -0.2) is 30.5 Å². The summed E-state index contributed by atoms with van der Waals surface area (Å²) in [5.41, 5.74) is 7.56. The number of aromatic amines is 1. The van der Waals surface area contributed by atoms with E-state index in [9.17, 15) is 4.79 Å². The zero-order chi connectivity index (χ0) is 15.0. The van der Waals surface area contributed by atoms with Gasteiger partial charge >= 0.3 is 0 Å². The Morgan fingerprint density at radius 3 is 2.95 bits per heavy atom. The molecule has 3 heterocycles. The Balaban J connectivity index is 1.82. The van der Waals surface area contributed by atoms with Crippen molar-refractivity contribution in [2.75, 3.05) is 5.73 Å². The number of nitrogens with zero attached hydrogens (tertiary/aromatic N) is 4. The number of aryl methyl sites for hydroxylation is 1. The van der Waals surface area contributed by atoms with Crippen LogP contribution in [0.25, 0.3) is 5.65 Å². The van der Waals surface area contributed by atoms with Gasteiger partial charge in [0.2, 0.25) is 5.95 Å². The minimum atomic E-state index is -0.340. The zero-order valence-corrected chi connectivity index (χ0v) is 11.7. The van der Waals surface area contributed by atoms with Crippen LogP contribution >= 0.6 is 0 Å². The molecule has 4 N–H and O–H groups in total. The van der Waals surface area contributed by atoms with Crippen LogP contribution in [0.3, 0.4) is 0 Å². The lowest BCUT2D eigenvalue weighted by molar-refractivity contribution is 0.0934. The molecule has 3 aromatic heterocycles. The van der Waals surface area contributed by atoms with E-state index in [1.807, 2.05) is 29.7 Å². The SMILES string of the molecule is Cc1cccn2cc(C(=O)NC(C)c3nc(N)n[nH]3)nc12. The van der Waals surface area contributed by atoms with Crippen LogP contribution in [0.5, 0.6) is 0 Å². The van der Waals surface area contributed by atoms with Gasteiger partial charge in [-0.3, -0.25) is 9.89 Å². The average molecular weight is 285 g/mol. The molecule has 1 unspecified atom stereocenters. The molecule has 0 aliphatic carbocycles. The fourth-order valence-corrected chi connectivity index (χ4v) is 2.08. The van der Waals surface area contributed by atoms with Gasteiger partial charge in [0.1, 0.15) is 17.2 Å². The maximum Gasteiger partial charge on any atom is 0.272 e. The average Bonchev–Trinajstić information content (AvgIpc) is 3.05. The number of aromatic nitrogens is 5. The van der Waals surface area contributed by atoms with Crippen LogP contribution in [0, 0.1) is 6.92 Å². The first kappa shape index (κ1) is 13.1. The number of pyridine rings is 1. The van der Waals surface area contributed by atoms with Gasteiger partial charge in [-0.1, -0.05) is 6.07 Å². The lowest BCUT2D eigenvalue weighted by Gasteiger charge is -2.09. The molecule has 1 amide bonds. The normalized spacial score (nSPS) is 12.5. The van der Waals surface area contributed by atoms with Crippen LogP contribution in [0.2, 0.25) is 0 Å². The van der Waals surface area contributed by atoms with Crippen molar-refractivity contribution in [1.29, 1.82) is 0 Å². The van der Waals surface area contributed by atoms with E-state index in [1.165, 1.54) is 0 Å². The predicted octanol–water partition coefficient (Wildman–Crippen LogP) is 0.834. The summed E-state index contributed by atoms with van der Waals surface area (Å²) < 4.78 is 1.82. The number of fused-ring (bicyclic) bond motifs is 1. The van der Waals surface area contributed by atoms with Crippen LogP contribution in [0.15, 0.2) is 24.5 Å². The summed E-state index contributed by atoms with van der Waals surface area (Å²) in [6, 6.07) is 3.52. The van der Waals surface area contributed by atoms with Crippen molar-refractivity contribution in [2.45, 2.75) is 19.9 Å². The number of carbonyl (C=O) groups is 1. The smallest absolute Gasteiger partial charge is 0.272 e. The van der Waals surface area contributed by atoms with E-state index >= 15 is 0 Å². The molecule has 3 rings (SSSR count).